The average Bonchev–Trinajstić information content (AvgIpc) is 3.29. The highest BCUT2D eigenvalue weighted by molar-refractivity contribution is 7.91. The SMILES string of the molecule is CCCOc1ccc(CN(C(=O)c2sc3cc(C)ccc3c2Cl)C2CCS(=O)(=O)C2)cc1. The molecule has 0 aliphatic carbocycles. The van der Waals surface area contributed by atoms with Crippen molar-refractivity contribution in [3.8, 4) is 5.75 Å². The molecular formula is C24H26ClNO4S2. The van der Waals surface area contributed by atoms with Gasteiger partial charge in [0, 0.05) is 22.7 Å². The van der Waals surface area contributed by atoms with Crippen molar-refractivity contribution in [2.75, 3.05) is 18.1 Å². The molecule has 0 radical (unpaired) electrons. The highest BCUT2D eigenvalue weighted by Crippen LogP contribution is 2.37. The van der Waals surface area contributed by atoms with Crippen LogP contribution in [0, 0.1) is 6.92 Å². The third-order valence-corrected chi connectivity index (χ3v) is 9.03. The molecule has 170 valence electrons. The largest absolute Gasteiger partial charge is 0.494 e. The standard InChI is InChI=1S/C24H26ClNO4S2/c1-3-11-30-19-7-5-17(6-8-19)14-26(18-10-12-32(28,29)15-18)24(27)23-22(25)20-9-4-16(2)13-21(20)31-23/h4-9,13,18H,3,10-12,14-15H2,1-2H3. The van der Waals surface area contributed by atoms with Crippen molar-refractivity contribution in [1.82, 2.24) is 4.90 Å². The molecule has 0 saturated carbocycles. The quantitative estimate of drug-likeness (QED) is 0.439. The van der Waals surface area contributed by atoms with Crippen LogP contribution < -0.4 is 4.74 Å². The number of carbonyl (C=O) groups is 1. The van der Waals surface area contributed by atoms with Crippen LogP contribution in [0.15, 0.2) is 42.5 Å². The van der Waals surface area contributed by atoms with Gasteiger partial charge in [0.15, 0.2) is 9.84 Å². The summed E-state index contributed by atoms with van der Waals surface area (Å²) in [7, 11) is -3.15. The molecule has 3 aromatic rings. The van der Waals surface area contributed by atoms with Crippen molar-refractivity contribution in [1.29, 1.82) is 0 Å². The second-order valence-electron chi connectivity index (χ2n) is 8.23. The van der Waals surface area contributed by atoms with Gasteiger partial charge in [-0.2, -0.15) is 0 Å². The number of aryl methyl sites for hydroxylation is 1. The number of carbonyl (C=O) groups excluding carboxylic acids is 1. The maximum Gasteiger partial charge on any atom is 0.266 e. The van der Waals surface area contributed by atoms with Crippen molar-refractivity contribution in [3.05, 3.63) is 63.5 Å². The second kappa shape index (κ2) is 9.41. The van der Waals surface area contributed by atoms with Gasteiger partial charge in [-0.1, -0.05) is 42.8 Å². The van der Waals surface area contributed by atoms with E-state index < -0.39 is 9.84 Å². The van der Waals surface area contributed by atoms with E-state index in [4.69, 9.17) is 16.3 Å². The van der Waals surface area contributed by atoms with Gasteiger partial charge in [-0.15, -0.1) is 11.3 Å². The van der Waals surface area contributed by atoms with E-state index in [-0.39, 0.29) is 23.5 Å². The second-order valence-corrected chi connectivity index (χ2v) is 11.9. The van der Waals surface area contributed by atoms with Gasteiger partial charge in [0.05, 0.1) is 23.1 Å². The Bertz CT molecular complexity index is 1230. The Hall–Kier alpha value is -2.09. The van der Waals surface area contributed by atoms with Crippen LogP contribution in [0.4, 0.5) is 0 Å². The molecule has 8 heteroatoms. The van der Waals surface area contributed by atoms with E-state index in [0.717, 1.165) is 33.4 Å². The Morgan fingerprint density at radius 3 is 2.62 bits per heavy atom. The van der Waals surface area contributed by atoms with Crippen molar-refractivity contribution in [2.24, 2.45) is 0 Å². The van der Waals surface area contributed by atoms with Gasteiger partial charge in [-0.3, -0.25) is 4.79 Å². The first-order valence-electron chi connectivity index (χ1n) is 10.7. The van der Waals surface area contributed by atoms with Crippen molar-refractivity contribution in [2.45, 2.75) is 39.3 Å². The fraction of sp³-hybridized carbons (Fsp3) is 0.375. The summed E-state index contributed by atoms with van der Waals surface area (Å²) in [4.78, 5) is 15.8. The number of amides is 1. The number of sulfone groups is 1. The lowest BCUT2D eigenvalue weighted by Gasteiger charge is -2.28. The van der Waals surface area contributed by atoms with Crippen molar-refractivity contribution < 1.29 is 17.9 Å². The van der Waals surface area contributed by atoms with Crippen LogP contribution >= 0.6 is 22.9 Å². The van der Waals surface area contributed by atoms with E-state index in [9.17, 15) is 13.2 Å². The zero-order valence-electron chi connectivity index (χ0n) is 18.1. The van der Waals surface area contributed by atoms with Crippen LogP contribution in [0.1, 0.15) is 40.6 Å². The summed E-state index contributed by atoms with van der Waals surface area (Å²) in [5, 5.41) is 1.28. The number of fused-ring (bicyclic) bond motifs is 1. The molecule has 2 aromatic carbocycles. The van der Waals surface area contributed by atoms with Crippen LogP contribution in [-0.4, -0.2) is 43.4 Å². The molecule has 2 heterocycles. The average molecular weight is 492 g/mol. The van der Waals surface area contributed by atoms with Crippen molar-refractivity contribution >= 4 is 48.8 Å². The monoisotopic (exact) mass is 491 g/mol. The molecule has 1 saturated heterocycles. The molecule has 4 rings (SSSR count). The number of hydrogen-bond acceptors (Lipinski definition) is 5. The van der Waals surface area contributed by atoms with E-state index in [1.807, 2.05) is 56.3 Å². The third kappa shape index (κ3) is 4.95. The van der Waals surface area contributed by atoms with Gasteiger partial charge in [-0.25, -0.2) is 8.42 Å². The van der Waals surface area contributed by atoms with Crippen LogP contribution in [0.25, 0.3) is 10.1 Å². The van der Waals surface area contributed by atoms with Gasteiger partial charge in [0.25, 0.3) is 5.91 Å². The van der Waals surface area contributed by atoms with Crippen LogP contribution in [0.2, 0.25) is 5.02 Å². The highest BCUT2D eigenvalue weighted by Gasteiger charge is 2.36. The Balaban J connectivity index is 1.65. The minimum atomic E-state index is -3.15. The molecule has 5 nitrogen and oxygen atoms in total. The number of rotatable bonds is 7. The lowest BCUT2D eigenvalue weighted by Crippen LogP contribution is -2.40. The fourth-order valence-electron chi connectivity index (χ4n) is 3.94. The predicted octanol–water partition coefficient (Wildman–Crippen LogP) is 5.48. The van der Waals surface area contributed by atoms with E-state index in [1.54, 1.807) is 4.90 Å². The Labute approximate surface area is 197 Å². The number of halogens is 1. The zero-order chi connectivity index (χ0) is 22.9. The molecule has 0 bridgehead atoms. The van der Waals surface area contributed by atoms with Crippen molar-refractivity contribution in [3.63, 3.8) is 0 Å². The maximum atomic E-state index is 13.7. The zero-order valence-corrected chi connectivity index (χ0v) is 20.5. The predicted molar refractivity (Wildman–Crippen MR) is 131 cm³/mol. The summed E-state index contributed by atoms with van der Waals surface area (Å²) in [5.74, 6) is 0.643. The molecule has 1 atom stereocenters. The number of nitrogens with zero attached hydrogens (tertiary/aromatic N) is 1. The Kier molecular flexibility index (Phi) is 6.79. The summed E-state index contributed by atoms with van der Waals surface area (Å²) in [6, 6.07) is 13.2. The number of ether oxygens (including phenoxy) is 1. The minimum Gasteiger partial charge on any atom is -0.494 e. The van der Waals surface area contributed by atoms with Crippen LogP contribution in [-0.2, 0) is 16.4 Å². The fourth-order valence-corrected chi connectivity index (χ4v) is 7.23. The van der Waals surface area contributed by atoms with Crippen LogP contribution in [0.3, 0.4) is 0 Å². The summed E-state index contributed by atoms with van der Waals surface area (Å²) >= 11 is 7.97. The van der Waals surface area contributed by atoms with Gasteiger partial charge in [0.1, 0.15) is 10.6 Å². The summed E-state index contributed by atoms with van der Waals surface area (Å²) in [6.45, 7) is 5.01. The smallest absolute Gasteiger partial charge is 0.266 e. The summed E-state index contributed by atoms with van der Waals surface area (Å²) in [6.07, 6.45) is 1.36. The number of hydrogen-bond donors (Lipinski definition) is 0. The highest BCUT2D eigenvalue weighted by atomic mass is 35.5. The number of thiophene rings is 1. The molecule has 1 fully saturated rings. The Morgan fingerprint density at radius 1 is 1.22 bits per heavy atom. The van der Waals surface area contributed by atoms with Crippen LogP contribution in [0.5, 0.6) is 5.75 Å². The molecular weight excluding hydrogens is 466 g/mol. The third-order valence-electron chi connectivity index (χ3n) is 5.64. The van der Waals surface area contributed by atoms with E-state index >= 15 is 0 Å². The first kappa shape index (κ1) is 23.1. The number of benzene rings is 2. The topological polar surface area (TPSA) is 63.7 Å². The first-order chi connectivity index (χ1) is 15.3. The normalized spacial score (nSPS) is 17.5. The molecule has 1 unspecified atom stereocenters. The summed E-state index contributed by atoms with van der Waals surface area (Å²) in [5.41, 5.74) is 2.01. The molecule has 0 spiro atoms. The molecule has 1 amide bonds. The molecule has 0 N–H and O–H groups in total. The van der Waals surface area contributed by atoms with E-state index in [1.165, 1.54) is 11.3 Å². The first-order valence-corrected chi connectivity index (χ1v) is 13.7. The molecule has 1 aliphatic rings. The van der Waals surface area contributed by atoms with Gasteiger partial charge < -0.3 is 9.64 Å². The van der Waals surface area contributed by atoms with E-state index in [2.05, 4.69) is 0 Å². The van der Waals surface area contributed by atoms with E-state index in [0.29, 0.717) is 29.5 Å². The lowest BCUT2D eigenvalue weighted by molar-refractivity contribution is 0.0686. The van der Waals surface area contributed by atoms with Gasteiger partial charge in [-0.05, 0) is 49.1 Å². The van der Waals surface area contributed by atoms with Gasteiger partial charge in [0.2, 0.25) is 0 Å². The molecule has 32 heavy (non-hydrogen) atoms. The Morgan fingerprint density at radius 2 is 1.97 bits per heavy atom. The minimum absolute atomic E-state index is 0.0158. The van der Waals surface area contributed by atoms with Gasteiger partial charge >= 0.3 is 0 Å². The molecule has 1 aliphatic heterocycles. The lowest BCUT2D eigenvalue weighted by atomic mass is 10.1. The molecule has 1 aromatic heterocycles. The summed E-state index contributed by atoms with van der Waals surface area (Å²) < 4.78 is 30.9. The maximum absolute atomic E-state index is 13.7.